The lowest BCUT2D eigenvalue weighted by Gasteiger charge is -2.31. The number of hydrogen-bond donors (Lipinski definition) is 1. The summed E-state index contributed by atoms with van der Waals surface area (Å²) in [5.41, 5.74) is 3.82. The number of ketones is 1. The first kappa shape index (κ1) is 37.7. The van der Waals surface area contributed by atoms with Gasteiger partial charge in [-0.15, -0.1) is 0 Å². The number of Topliss-reactive ketones (excluding diaryl/α,β-unsaturated/α-hetero) is 1. The zero-order valence-electron chi connectivity index (χ0n) is 29.2. The summed E-state index contributed by atoms with van der Waals surface area (Å²) in [7, 11) is 1.58. The van der Waals surface area contributed by atoms with Gasteiger partial charge < -0.3 is 19.5 Å². The maximum absolute atomic E-state index is 13.8. The molecule has 12 heteroatoms. The summed E-state index contributed by atoms with van der Waals surface area (Å²) in [6, 6.07) is 9.99. The number of carbonyl (C=O) groups excluding carboxylic acids is 5. The summed E-state index contributed by atoms with van der Waals surface area (Å²) in [5.74, 6) is -0.270. The summed E-state index contributed by atoms with van der Waals surface area (Å²) in [5, 5.41) is 11.3. The van der Waals surface area contributed by atoms with Crippen LogP contribution in [-0.2, 0) is 19.1 Å². The predicted octanol–water partition coefficient (Wildman–Crippen LogP) is 5.88. The number of methoxy groups -OCH3 is 1. The summed E-state index contributed by atoms with van der Waals surface area (Å²) in [6.07, 6.45) is 4.81. The molecule has 0 aromatic heterocycles. The van der Waals surface area contributed by atoms with Crippen LogP contribution in [0.15, 0.2) is 42.6 Å². The number of anilines is 1. The third kappa shape index (κ3) is 8.53. The lowest BCUT2D eigenvalue weighted by atomic mass is 10.0. The number of nitrogens with zero attached hydrogens (tertiary/aromatic N) is 3. The van der Waals surface area contributed by atoms with Crippen molar-refractivity contribution in [1.82, 2.24) is 9.80 Å². The summed E-state index contributed by atoms with van der Waals surface area (Å²) < 4.78 is 10.7. The van der Waals surface area contributed by atoms with Crippen LogP contribution in [0, 0.1) is 13.8 Å². The van der Waals surface area contributed by atoms with Crippen molar-refractivity contribution in [2.75, 3.05) is 31.4 Å². The quantitative estimate of drug-likeness (QED) is 0.226. The van der Waals surface area contributed by atoms with Crippen molar-refractivity contribution in [3.05, 3.63) is 64.9 Å². The molecule has 0 spiro atoms. The molecule has 1 N–H and O–H groups in total. The van der Waals surface area contributed by atoms with E-state index < -0.39 is 25.0 Å². The molecule has 11 nitrogen and oxygen atoms in total. The van der Waals surface area contributed by atoms with E-state index in [0.29, 0.717) is 38.0 Å². The molecule has 0 saturated carbocycles. The van der Waals surface area contributed by atoms with E-state index in [1.165, 1.54) is 28.0 Å². The van der Waals surface area contributed by atoms with E-state index >= 15 is 0 Å². The maximum Gasteiger partial charge on any atom is 0.416 e. The van der Waals surface area contributed by atoms with Crippen molar-refractivity contribution >= 4 is 52.6 Å². The van der Waals surface area contributed by atoms with Gasteiger partial charge in [0.1, 0.15) is 5.75 Å². The molecule has 0 radical (unpaired) electrons. The van der Waals surface area contributed by atoms with Crippen molar-refractivity contribution in [1.29, 1.82) is 0 Å². The van der Waals surface area contributed by atoms with Crippen LogP contribution < -0.4 is 9.64 Å². The molecule has 3 atom stereocenters. The van der Waals surface area contributed by atoms with Crippen LogP contribution in [0.1, 0.15) is 85.8 Å². The highest BCUT2D eigenvalue weighted by Gasteiger charge is 2.45. The number of aliphatic hydroxyl groups is 1. The van der Waals surface area contributed by atoms with E-state index in [1.807, 2.05) is 44.4 Å². The number of amides is 4. The highest BCUT2D eigenvalue weighted by molar-refractivity contribution is 8.00. The Morgan fingerprint density at radius 2 is 1.65 bits per heavy atom. The monoisotopic (exact) mass is 693 g/mol. The number of fused-ring (bicyclic) bond motifs is 2. The van der Waals surface area contributed by atoms with E-state index in [2.05, 4.69) is 13.8 Å². The number of benzene rings is 2. The maximum atomic E-state index is 13.8. The Kier molecular flexibility index (Phi) is 13.0. The molecule has 264 valence electrons. The molecule has 3 heterocycles. The van der Waals surface area contributed by atoms with Gasteiger partial charge in [0.05, 0.1) is 29.7 Å². The lowest BCUT2D eigenvalue weighted by Crippen LogP contribution is -2.50. The van der Waals surface area contributed by atoms with Crippen molar-refractivity contribution in [2.24, 2.45) is 0 Å². The number of aryl methyl sites for hydroxylation is 2. The number of imide groups is 1. The Morgan fingerprint density at radius 3 is 2.29 bits per heavy atom. The highest BCUT2D eigenvalue weighted by Crippen LogP contribution is 2.40. The fraction of sp³-hybridized carbons (Fsp3) is 0.486. The molecule has 1 fully saturated rings. The largest absolute Gasteiger partial charge is 0.497 e. The predicted molar refractivity (Wildman–Crippen MR) is 189 cm³/mol. The first-order valence-electron chi connectivity index (χ1n) is 16.8. The number of hydrogen-bond acceptors (Lipinski definition) is 9. The minimum Gasteiger partial charge on any atom is -0.497 e. The second-order valence-electron chi connectivity index (χ2n) is 12.5. The van der Waals surface area contributed by atoms with Gasteiger partial charge >= 0.3 is 6.09 Å². The molecule has 2 aromatic carbocycles. The molecule has 0 bridgehead atoms. The highest BCUT2D eigenvalue weighted by atomic mass is 32.2. The number of carbonyl (C=O) groups is 5. The standard InChI is InChI=1S/C34H39N3O8S.C3H8/c1-20-14-26-27(15-21(20)2)37(32(41)28-16-23(18-36(28)31(26)40)22-9-11-25(44-3)12-10-22)34(43)45-19-24(38)8-6-5-7-13-35-30(39)17-29(46-4)33(35)42;1-3-2/h9-12,14-15,18,28-29,32,41H,5-8,13,16-17,19H2,1-4H3;3H2,1-2H3/t28-,29?,32-;/m0./s1. The second kappa shape index (κ2) is 17.0. The molecule has 0 aliphatic carbocycles. The van der Waals surface area contributed by atoms with Crippen LogP contribution in [0.25, 0.3) is 5.57 Å². The number of likely N-dealkylation sites (tertiary alicyclic amines) is 1. The average Bonchev–Trinajstić information content (AvgIpc) is 3.63. The van der Waals surface area contributed by atoms with Crippen molar-refractivity contribution in [2.45, 2.75) is 90.2 Å². The van der Waals surface area contributed by atoms with Gasteiger partial charge in [-0.05, 0) is 85.9 Å². The molecule has 1 unspecified atom stereocenters. The number of thioether (sulfide) groups is 1. The van der Waals surface area contributed by atoms with E-state index in [-0.39, 0.29) is 52.8 Å². The van der Waals surface area contributed by atoms with Gasteiger partial charge in [-0.25, -0.2) is 9.69 Å². The Labute approximate surface area is 292 Å². The van der Waals surface area contributed by atoms with Gasteiger partial charge in [0.25, 0.3) is 5.91 Å². The minimum absolute atomic E-state index is 0.154. The van der Waals surface area contributed by atoms with Gasteiger partial charge in [0, 0.05) is 25.6 Å². The van der Waals surface area contributed by atoms with E-state index in [0.717, 1.165) is 27.2 Å². The van der Waals surface area contributed by atoms with Gasteiger partial charge in [0.15, 0.2) is 18.6 Å². The van der Waals surface area contributed by atoms with Crippen LogP contribution in [0.4, 0.5) is 10.5 Å². The van der Waals surface area contributed by atoms with E-state index in [1.54, 1.807) is 25.4 Å². The SMILES string of the molecule is CCC.COc1ccc(C2=CN3C(=O)c4cc(C)c(C)cc4N(C(=O)OCC(=O)CCCCCN4C(=O)CC(SC)C4=O)[C@@H](O)[C@@H]3C2)cc1. The summed E-state index contributed by atoms with van der Waals surface area (Å²) in [4.78, 5) is 68.2. The fourth-order valence-electron chi connectivity index (χ4n) is 6.05. The molecular formula is C37H47N3O8S. The van der Waals surface area contributed by atoms with Crippen LogP contribution in [0.3, 0.4) is 0 Å². The summed E-state index contributed by atoms with van der Waals surface area (Å²) >= 11 is 1.37. The molecule has 2 aromatic rings. The van der Waals surface area contributed by atoms with Crippen molar-refractivity contribution in [3.63, 3.8) is 0 Å². The lowest BCUT2D eigenvalue weighted by molar-refractivity contribution is -0.138. The second-order valence-corrected chi connectivity index (χ2v) is 13.6. The van der Waals surface area contributed by atoms with Gasteiger partial charge in [-0.2, -0.15) is 11.8 Å². The number of ether oxygens (including phenoxy) is 2. The topological polar surface area (TPSA) is 134 Å². The van der Waals surface area contributed by atoms with Crippen LogP contribution in [-0.4, -0.2) is 88.5 Å². The molecule has 1 saturated heterocycles. The molecule has 49 heavy (non-hydrogen) atoms. The Bertz CT molecular complexity index is 1590. The third-order valence-electron chi connectivity index (χ3n) is 8.86. The number of aliphatic hydroxyl groups excluding tert-OH is 1. The smallest absolute Gasteiger partial charge is 0.416 e. The van der Waals surface area contributed by atoms with Crippen molar-refractivity contribution in [3.8, 4) is 5.75 Å². The Morgan fingerprint density at radius 1 is 0.980 bits per heavy atom. The van der Waals surface area contributed by atoms with Gasteiger partial charge in [0.2, 0.25) is 11.8 Å². The average molecular weight is 694 g/mol. The van der Waals surface area contributed by atoms with Crippen LogP contribution in [0.2, 0.25) is 0 Å². The van der Waals surface area contributed by atoms with E-state index in [9.17, 15) is 29.1 Å². The number of rotatable bonds is 11. The van der Waals surface area contributed by atoms with Crippen molar-refractivity contribution < 1.29 is 38.6 Å². The fourth-order valence-corrected chi connectivity index (χ4v) is 6.69. The number of unbranched alkanes of at least 4 members (excludes halogenated alkanes) is 2. The zero-order valence-corrected chi connectivity index (χ0v) is 30.0. The zero-order chi connectivity index (χ0) is 35.8. The van der Waals surface area contributed by atoms with E-state index in [4.69, 9.17) is 9.47 Å². The molecule has 4 amide bonds. The Balaban J connectivity index is 0.00000174. The molecule has 5 rings (SSSR count). The van der Waals surface area contributed by atoms with Crippen LogP contribution in [0.5, 0.6) is 5.75 Å². The van der Waals surface area contributed by atoms with Gasteiger partial charge in [-0.3, -0.25) is 24.1 Å². The normalized spacial score (nSPS) is 19.9. The molecule has 3 aliphatic heterocycles. The molecular weight excluding hydrogens is 646 g/mol. The van der Waals surface area contributed by atoms with Gasteiger partial charge in [-0.1, -0.05) is 38.8 Å². The Hall–Kier alpha value is -4.16. The van der Waals surface area contributed by atoms with Crippen LogP contribution >= 0.6 is 11.8 Å². The minimum atomic E-state index is -1.44. The summed E-state index contributed by atoms with van der Waals surface area (Å²) in [6.45, 7) is 7.81. The first-order valence-corrected chi connectivity index (χ1v) is 18.1. The molecule has 3 aliphatic rings. The third-order valence-corrected chi connectivity index (χ3v) is 9.80. The first-order chi connectivity index (χ1) is 23.4.